The molecule has 0 spiro atoms. The standard InChI is InChI=1S/C18H31N3O3Si/c1-18(2,3)25(5,6)24-14-16(20-21-19)11-12-23-13-15-7-9-17(22-4)10-8-15/h7-10,16H,11-14H2,1-6H3/t16-/m1/s1. The first-order valence-corrected chi connectivity index (χ1v) is 11.5. The number of ether oxygens (including phenoxy) is 2. The van der Waals surface area contributed by atoms with Crippen molar-refractivity contribution in [3.8, 4) is 5.75 Å². The summed E-state index contributed by atoms with van der Waals surface area (Å²) in [5, 5.41) is 4.00. The van der Waals surface area contributed by atoms with E-state index in [1.165, 1.54) is 0 Å². The maximum absolute atomic E-state index is 8.77. The van der Waals surface area contributed by atoms with Crippen LogP contribution in [0.5, 0.6) is 5.75 Å². The minimum Gasteiger partial charge on any atom is -0.497 e. The SMILES string of the molecule is COc1ccc(COCC[C@H](CO[Si](C)(C)C(C)(C)C)N=[N+]=[N-])cc1. The van der Waals surface area contributed by atoms with Gasteiger partial charge in [-0.3, -0.25) is 0 Å². The fourth-order valence-corrected chi connectivity index (χ4v) is 2.94. The number of azide groups is 1. The fraction of sp³-hybridized carbons (Fsp3) is 0.667. The van der Waals surface area contributed by atoms with Crippen LogP contribution in [-0.4, -0.2) is 34.7 Å². The zero-order chi connectivity index (χ0) is 18.9. The van der Waals surface area contributed by atoms with E-state index in [4.69, 9.17) is 19.4 Å². The van der Waals surface area contributed by atoms with Crippen LogP contribution in [0, 0.1) is 0 Å². The molecule has 0 unspecified atom stereocenters. The van der Waals surface area contributed by atoms with Crippen LogP contribution in [0.15, 0.2) is 29.4 Å². The van der Waals surface area contributed by atoms with Gasteiger partial charge >= 0.3 is 0 Å². The molecule has 1 rings (SSSR count). The van der Waals surface area contributed by atoms with Crippen molar-refractivity contribution in [2.75, 3.05) is 20.3 Å². The van der Waals surface area contributed by atoms with Crippen LogP contribution in [0.2, 0.25) is 18.1 Å². The first-order valence-electron chi connectivity index (χ1n) is 8.58. The van der Waals surface area contributed by atoms with Crippen molar-refractivity contribution < 1.29 is 13.9 Å². The number of rotatable bonds is 10. The predicted octanol–water partition coefficient (Wildman–Crippen LogP) is 5.30. The quantitative estimate of drug-likeness (QED) is 0.185. The lowest BCUT2D eigenvalue weighted by Gasteiger charge is -2.36. The molecule has 25 heavy (non-hydrogen) atoms. The summed E-state index contributed by atoms with van der Waals surface area (Å²) in [5.74, 6) is 0.829. The Morgan fingerprint density at radius 2 is 1.84 bits per heavy atom. The summed E-state index contributed by atoms with van der Waals surface area (Å²) in [5.41, 5.74) is 9.85. The van der Waals surface area contributed by atoms with Crippen molar-refractivity contribution in [3.63, 3.8) is 0 Å². The highest BCUT2D eigenvalue weighted by Gasteiger charge is 2.37. The average molecular weight is 366 g/mol. The van der Waals surface area contributed by atoms with E-state index < -0.39 is 8.32 Å². The van der Waals surface area contributed by atoms with Crippen molar-refractivity contribution in [3.05, 3.63) is 40.3 Å². The second-order valence-electron chi connectivity index (χ2n) is 7.62. The molecule has 1 atom stereocenters. The Morgan fingerprint density at radius 3 is 2.36 bits per heavy atom. The molecular weight excluding hydrogens is 334 g/mol. The number of methoxy groups -OCH3 is 1. The molecule has 0 aliphatic rings. The van der Waals surface area contributed by atoms with E-state index in [2.05, 4.69) is 43.9 Å². The highest BCUT2D eigenvalue weighted by molar-refractivity contribution is 6.74. The Balaban J connectivity index is 2.41. The minimum absolute atomic E-state index is 0.138. The zero-order valence-electron chi connectivity index (χ0n) is 16.3. The van der Waals surface area contributed by atoms with Gasteiger partial charge in [0.1, 0.15) is 5.75 Å². The third-order valence-corrected chi connectivity index (χ3v) is 9.18. The number of nitrogens with zero attached hydrogens (tertiary/aromatic N) is 3. The third kappa shape index (κ3) is 7.48. The van der Waals surface area contributed by atoms with Crippen LogP contribution in [0.3, 0.4) is 0 Å². The Hall–Kier alpha value is -1.53. The van der Waals surface area contributed by atoms with Crippen molar-refractivity contribution in [2.24, 2.45) is 5.11 Å². The molecule has 7 heteroatoms. The van der Waals surface area contributed by atoms with E-state index in [1.54, 1.807) is 7.11 Å². The van der Waals surface area contributed by atoms with E-state index in [-0.39, 0.29) is 11.1 Å². The van der Waals surface area contributed by atoms with Crippen LogP contribution in [0.25, 0.3) is 10.4 Å². The second kappa shape index (κ2) is 9.82. The van der Waals surface area contributed by atoms with Gasteiger partial charge in [0, 0.05) is 18.1 Å². The summed E-state index contributed by atoms with van der Waals surface area (Å²) in [6.07, 6.45) is 0.648. The van der Waals surface area contributed by atoms with Gasteiger partial charge in [-0.25, -0.2) is 0 Å². The van der Waals surface area contributed by atoms with Gasteiger partial charge in [-0.15, -0.1) is 0 Å². The van der Waals surface area contributed by atoms with Crippen molar-refractivity contribution in [2.45, 2.75) is 58.0 Å². The van der Waals surface area contributed by atoms with Gasteiger partial charge in [0.25, 0.3) is 0 Å². The Labute approximate surface area is 152 Å². The molecule has 6 nitrogen and oxygen atoms in total. The van der Waals surface area contributed by atoms with Crippen LogP contribution in [0.4, 0.5) is 0 Å². The molecule has 0 aromatic heterocycles. The largest absolute Gasteiger partial charge is 0.497 e. The van der Waals surface area contributed by atoms with E-state index in [0.29, 0.717) is 26.2 Å². The monoisotopic (exact) mass is 365 g/mol. The lowest BCUT2D eigenvalue weighted by molar-refractivity contribution is 0.108. The minimum atomic E-state index is -1.84. The molecule has 0 saturated carbocycles. The molecule has 0 bridgehead atoms. The molecule has 0 aliphatic heterocycles. The smallest absolute Gasteiger partial charge is 0.191 e. The summed E-state index contributed by atoms with van der Waals surface area (Å²) in [4.78, 5) is 2.95. The van der Waals surface area contributed by atoms with Crippen LogP contribution < -0.4 is 4.74 Å². The highest BCUT2D eigenvalue weighted by Crippen LogP contribution is 2.36. The summed E-state index contributed by atoms with van der Waals surface area (Å²) >= 11 is 0. The van der Waals surface area contributed by atoms with Gasteiger partial charge in [0.2, 0.25) is 0 Å². The molecule has 0 N–H and O–H groups in total. The average Bonchev–Trinajstić information content (AvgIpc) is 2.56. The lowest BCUT2D eigenvalue weighted by atomic mass is 10.2. The molecule has 0 amide bonds. The van der Waals surface area contributed by atoms with Crippen LogP contribution >= 0.6 is 0 Å². The Morgan fingerprint density at radius 1 is 1.20 bits per heavy atom. The molecular formula is C18H31N3O3Si. The molecule has 140 valence electrons. The number of hydrogen-bond acceptors (Lipinski definition) is 4. The van der Waals surface area contributed by atoms with E-state index >= 15 is 0 Å². The van der Waals surface area contributed by atoms with Crippen molar-refractivity contribution in [1.29, 1.82) is 0 Å². The van der Waals surface area contributed by atoms with Gasteiger partial charge in [-0.1, -0.05) is 38.0 Å². The van der Waals surface area contributed by atoms with Crippen molar-refractivity contribution in [1.82, 2.24) is 0 Å². The van der Waals surface area contributed by atoms with Gasteiger partial charge in [-0.2, -0.15) is 0 Å². The Kier molecular flexibility index (Phi) is 8.45. The van der Waals surface area contributed by atoms with Gasteiger partial charge in [0.15, 0.2) is 8.32 Å². The fourth-order valence-electron chi connectivity index (χ4n) is 1.90. The van der Waals surface area contributed by atoms with Gasteiger partial charge in [-0.05, 0) is 47.8 Å². The highest BCUT2D eigenvalue weighted by atomic mass is 28.4. The predicted molar refractivity (Wildman–Crippen MR) is 103 cm³/mol. The zero-order valence-corrected chi connectivity index (χ0v) is 17.3. The maximum Gasteiger partial charge on any atom is 0.191 e. The molecule has 1 aromatic carbocycles. The maximum atomic E-state index is 8.77. The summed E-state index contributed by atoms with van der Waals surface area (Å²) in [7, 11) is -0.196. The van der Waals surface area contributed by atoms with Crippen LogP contribution in [-0.2, 0) is 15.8 Å². The first kappa shape index (κ1) is 21.5. The molecule has 1 aromatic rings. The Bertz CT molecular complexity index is 564. The lowest BCUT2D eigenvalue weighted by Crippen LogP contribution is -2.42. The van der Waals surface area contributed by atoms with E-state index in [9.17, 15) is 0 Å². The normalized spacial score (nSPS) is 13.2. The molecule has 0 fully saturated rings. The van der Waals surface area contributed by atoms with Crippen LogP contribution in [0.1, 0.15) is 32.8 Å². The summed E-state index contributed by atoms with van der Waals surface area (Å²) < 4.78 is 17.0. The molecule has 0 heterocycles. The van der Waals surface area contributed by atoms with E-state index in [0.717, 1.165) is 11.3 Å². The topological polar surface area (TPSA) is 76.5 Å². The number of benzene rings is 1. The second-order valence-corrected chi connectivity index (χ2v) is 12.4. The first-order chi connectivity index (χ1) is 11.7. The van der Waals surface area contributed by atoms with Gasteiger partial charge in [0.05, 0.1) is 19.8 Å². The molecule has 0 saturated heterocycles. The summed E-state index contributed by atoms with van der Waals surface area (Å²) in [6.45, 7) is 12.5. The number of hydrogen-bond donors (Lipinski definition) is 0. The van der Waals surface area contributed by atoms with E-state index in [1.807, 2.05) is 24.3 Å². The third-order valence-electron chi connectivity index (χ3n) is 4.68. The van der Waals surface area contributed by atoms with Crippen molar-refractivity contribution >= 4 is 8.32 Å². The summed E-state index contributed by atoms with van der Waals surface area (Å²) in [6, 6.07) is 7.58. The molecule has 0 radical (unpaired) electrons. The molecule has 0 aliphatic carbocycles. The van der Waals surface area contributed by atoms with Gasteiger partial charge < -0.3 is 13.9 Å².